The predicted octanol–water partition coefficient (Wildman–Crippen LogP) is 5.21. The van der Waals surface area contributed by atoms with E-state index in [2.05, 4.69) is 37.4 Å². The molecule has 2 saturated heterocycles. The number of benzene rings is 2. The van der Waals surface area contributed by atoms with Crippen LogP contribution in [0.2, 0.25) is 0 Å². The van der Waals surface area contributed by atoms with Crippen LogP contribution in [0.3, 0.4) is 0 Å². The van der Waals surface area contributed by atoms with Gasteiger partial charge < -0.3 is 44.6 Å². The Morgan fingerprint density at radius 3 is 2.18 bits per heavy atom. The van der Waals surface area contributed by atoms with Crippen LogP contribution in [0.1, 0.15) is 87.7 Å². The van der Waals surface area contributed by atoms with E-state index in [0.29, 0.717) is 18.9 Å². The normalized spacial score (nSPS) is 19.8. The number of nitrogens with zero attached hydrogens (tertiary/aromatic N) is 4. The zero-order chi connectivity index (χ0) is 40.4. The van der Waals surface area contributed by atoms with E-state index in [0.717, 1.165) is 71.3 Å². The van der Waals surface area contributed by atoms with E-state index in [9.17, 15) is 19.2 Å². The average molecular weight is 779 g/mol. The molecule has 15 heteroatoms. The number of likely N-dealkylation sites (tertiary alicyclic amines) is 2. The van der Waals surface area contributed by atoms with Gasteiger partial charge in [0.1, 0.15) is 23.7 Å². The summed E-state index contributed by atoms with van der Waals surface area (Å²) >= 11 is 0. The van der Waals surface area contributed by atoms with Gasteiger partial charge in [-0.25, -0.2) is 19.6 Å². The van der Waals surface area contributed by atoms with Crippen molar-refractivity contribution in [2.75, 3.05) is 34.4 Å². The SMILES string of the molecule is COC(=O)N[C@H](C(=O)N1CC2(CC2)C[C@H]1c1nc2ccc(C#Cc3ccc(-c4cnc([C@@H]5CCCN5C(=O)[C@@H](NC(=O)OC)[C@@H](C)OC)[nH]4)cc3)cc2[nH]1)C(C)C. The molecule has 300 valence electrons. The summed E-state index contributed by atoms with van der Waals surface area (Å²) in [6.45, 7) is 6.73. The number of fused-ring (bicyclic) bond motifs is 1. The second-order valence-electron chi connectivity index (χ2n) is 15.7. The Kier molecular flexibility index (Phi) is 11.3. The number of aromatic amines is 2. The largest absolute Gasteiger partial charge is 0.453 e. The van der Waals surface area contributed by atoms with E-state index in [4.69, 9.17) is 19.2 Å². The number of rotatable bonds is 10. The molecule has 1 aliphatic carbocycles. The fourth-order valence-electron chi connectivity index (χ4n) is 7.94. The number of H-pyrrole nitrogens is 2. The van der Waals surface area contributed by atoms with E-state index >= 15 is 0 Å². The van der Waals surface area contributed by atoms with Crippen LogP contribution in [-0.4, -0.2) is 106 Å². The lowest BCUT2D eigenvalue weighted by molar-refractivity contribution is -0.137. The van der Waals surface area contributed by atoms with Gasteiger partial charge in [-0.2, -0.15) is 0 Å². The highest BCUT2D eigenvalue weighted by Crippen LogP contribution is 2.58. The smallest absolute Gasteiger partial charge is 0.407 e. The molecule has 2 aromatic heterocycles. The third-order valence-corrected chi connectivity index (χ3v) is 11.5. The van der Waals surface area contributed by atoms with Crippen molar-refractivity contribution in [1.82, 2.24) is 40.4 Å². The van der Waals surface area contributed by atoms with Crippen molar-refractivity contribution in [2.24, 2.45) is 11.3 Å². The standard InChI is InChI=1S/C42H50N8O7/c1-24(2)34(47-40(53)56-5)38(51)50-23-42(17-18-42)21-33(50)37-44-29-16-13-27(20-30(29)45-37)10-9-26-11-14-28(15-12-26)31-22-43-36(46-31)32-8-7-19-49(32)39(52)35(25(3)55-4)48-41(54)57-6/h11-16,20,22,24-25,32-35H,7-8,17-19,21,23H2,1-6H3,(H,43,46)(H,44,45)(H,47,53)(H,48,54)/t25-,32+,33+,34+,35+/m1/s1. The number of hydrogen-bond donors (Lipinski definition) is 4. The minimum Gasteiger partial charge on any atom is -0.453 e. The summed E-state index contributed by atoms with van der Waals surface area (Å²) in [7, 11) is 4.04. The van der Waals surface area contributed by atoms with Crippen molar-refractivity contribution in [3.63, 3.8) is 0 Å². The molecule has 0 bridgehead atoms. The summed E-state index contributed by atoms with van der Waals surface area (Å²) in [5.74, 6) is 7.44. The van der Waals surface area contributed by atoms with Gasteiger partial charge >= 0.3 is 12.2 Å². The van der Waals surface area contributed by atoms with Gasteiger partial charge in [0.25, 0.3) is 0 Å². The topological polar surface area (TPSA) is 184 Å². The lowest BCUT2D eigenvalue weighted by Gasteiger charge is -2.30. The molecule has 1 saturated carbocycles. The number of carbonyl (C=O) groups is 4. The molecule has 3 aliphatic rings. The fourth-order valence-corrected chi connectivity index (χ4v) is 7.94. The van der Waals surface area contributed by atoms with E-state index in [-0.39, 0.29) is 35.2 Å². The molecule has 4 heterocycles. The Balaban J connectivity index is 1.03. The van der Waals surface area contributed by atoms with Crippen molar-refractivity contribution in [3.8, 4) is 23.1 Å². The van der Waals surface area contributed by atoms with Crippen molar-refractivity contribution in [3.05, 3.63) is 71.4 Å². The minimum atomic E-state index is -0.901. The van der Waals surface area contributed by atoms with E-state index in [1.54, 1.807) is 18.0 Å². The van der Waals surface area contributed by atoms with Gasteiger partial charge in [-0.1, -0.05) is 37.8 Å². The summed E-state index contributed by atoms with van der Waals surface area (Å²) in [4.78, 5) is 71.6. The first kappa shape index (κ1) is 39.4. The Morgan fingerprint density at radius 2 is 1.51 bits per heavy atom. The van der Waals surface area contributed by atoms with Crippen LogP contribution in [0.25, 0.3) is 22.3 Å². The number of amides is 4. The van der Waals surface area contributed by atoms with E-state index in [1.807, 2.05) is 61.2 Å². The number of hydrogen-bond acceptors (Lipinski definition) is 9. The zero-order valence-corrected chi connectivity index (χ0v) is 33.2. The summed E-state index contributed by atoms with van der Waals surface area (Å²) in [5, 5.41) is 5.35. The van der Waals surface area contributed by atoms with E-state index < -0.39 is 30.4 Å². The molecule has 1 spiro atoms. The minimum absolute atomic E-state index is 0.105. The Labute approximate surface area is 331 Å². The zero-order valence-electron chi connectivity index (χ0n) is 33.2. The first-order valence-corrected chi connectivity index (χ1v) is 19.4. The summed E-state index contributed by atoms with van der Waals surface area (Å²) in [6, 6.07) is 11.6. The molecule has 4 aromatic rings. The third kappa shape index (κ3) is 8.32. The maximum absolute atomic E-state index is 13.9. The van der Waals surface area contributed by atoms with Gasteiger partial charge in [0.2, 0.25) is 11.8 Å². The molecule has 4 N–H and O–H groups in total. The van der Waals surface area contributed by atoms with Gasteiger partial charge in [-0.15, -0.1) is 0 Å². The van der Waals surface area contributed by atoms with Crippen LogP contribution < -0.4 is 10.6 Å². The van der Waals surface area contributed by atoms with Crippen LogP contribution >= 0.6 is 0 Å². The molecule has 0 radical (unpaired) electrons. The van der Waals surface area contributed by atoms with Gasteiger partial charge in [0.15, 0.2) is 0 Å². The number of methoxy groups -OCH3 is 3. The molecule has 4 amide bonds. The molecule has 7 rings (SSSR count). The molecular weight excluding hydrogens is 729 g/mol. The first-order chi connectivity index (χ1) is 27.4. The Morgan fingerprint density at radius 1 is 0.842 bits per heavy atom. The summed E-state index contributed by atoms with van der Waals surface area (Å²) < 4.78 is 14.9. The molecule has 15 nitrogen and oxygen atoms in total. The van der Waals surface area contributed by atoms with Gasteiger partial charge in [-0.05, 0) is 86.3 Å². The maximum Gasteiger partial charge on any atom is 0.407 e. The number of carbonyl (C=O) groups excluding carboxylic acids is 4. The molecule has 0 unspecified atom stereocenters. The van der Waals surface area contributed by atoms with Crippen LogP contribution in [0.15, 0.2) is 48.7 Å². The molecular formula is C42H50N8O7. The second-order valence-corrected chi connectivity index (χ2v) is 15.7. The molecule has 2 aromatic carbocycles. The van der Waals surface area contributed by atoms with Gasteiger partial charge in [0.05, 0.1) is 55.3 Å². The second kappa shape index (κ2) is 16.3. The summed E-state index contributed by atoms with van der Waals surface area (Å²) in [5.41, 5.74) is 5.13. The van der Waals surface area contributed by atoms with Crippen LogP contribution in [0.5, 0.6) is 0 Å². The van der Waals surface area contributed by atoms with Crippen molar-refractivity contribution >= 4 is 35.0 Å². The maximum atomic E-state index is 13.9. The summed E-state index contributed by atoms with van der Waals surface area (Å²) in [6.07, 6.45) is 4.40. The van der Waals surface area contributed by atoms with Gasteiger partial charge in [-0.3, -0.25) is 9.59 Å². The lowest BCUT2D eigenvalue weighted by Crippen LogP contribution is -2.54. The quantitative estimate of drug-likeness (QED) is 0.157. The van der Waals surface area contributed by atoms with Crippen molar-refractivity contribution in [1.29, 1.82) is 0 Å². The van der Waals surface area contributed by atoms with Gasteiger partial charge in [0, 0.05) is 31.3 Å². The average Bonchev–Trinajstić information content (AvgIpc) is 3.71. The highest BCUT2D eigenvalue weighted by atomic mass is 16.5. The monoisotopic (exact) mass is 778 g/mol. The molecule has 5 atom stereocenters. The first-order valence-electron chi connectivity index (χ1n) is 19.4. The number of aromatic nitrogens is 4. The van der Waals surface area contributed by atoms with E-state index in [1.165, 1.54) is 21.3 Å². The number of imidazole rings is 2. The fraction of sp³-hybridized carbons (Fsp3) is 0.476. The van der Waals surface area contributed by atoms with Crippen LogP contribution in [0.4, 0.5) is 9.59 Å². The Bertz CT molecular complexity index is 2200. The highest BCUT2D eigenvalue weighted by Gasteiger charge is 2.55. The van der Waals surface area contributed by atoms with Crippen molar-refractivity contribution in [2.45, 2.75) is 83.1 Å². The number of nitrogens with one attached hydrogen (secondary N) is 4. The van der Waals surface area contributed by atoms with Crippen molar-refractivity contribution < 1.29 is 33.4 Å². The van der Waals surface area contributed by atoms with Crippen LogP contribution in [-0.2, 0) is 23.8 Å². The number of alkyl carbamates (subject to hydrolysis) is 2. The third-order valence-electron chi connectivity index (χ3n) is 11.5. The van der Waals surface area contributed by atoms with Crippen LogP contribution in [0, 0.1) is 23.2 Å². The molecule has 3 fully saturated rings. The molecule has 2 aliphatic heterocycles. The lowest BCUT2D eigenvalue weighted by atomic mass is 10.0. The molecule has 57 heavy (non-hydrogen) atoms. The predicted molar refractivity (Wildman–Crippen MR) is 210 cm³/mol. The number of ether oxygens (including phenoxy) is 3. The highest BCUT2D eigenvalue weighted by molar-refractivity contribution is 5.87. The Hall–Kier alpha value is -5.88.